The lowest BCUT2D eigenvalue weighted by atomic mass is 10.2. The molecule has 0 aliphatic heterocycles. The Balaban J connectivity index is 2.46. The topological polar surface area (TPSA) is 95.3 Å². The zero-order valence-electron chi connectivity index (χ0n) is 10.8. The smallest absolute Gasteiger partial charge is 0.277 e. The van der Waals surface area contributed by atoms with Gasteiger partial charge in [-0.1, -0.05) is 0 Å². The summed E-state index contributed by atoms with van der Waals surface area (Å²) in [6.45, 7) is 0. The average Bonchev–Trinajstić information content (AvgIpc) is 2.47. The third-order valence-corrected chi connectivity index (χ3v) is 3.98. The molecule has 0 radical (unpaired) electrons. The molecule has 1 heterocycles. The van der Waals surface area contributed by atoms with E-state index in [9.17, 15) is 21.6 Å². The molecule has 6 nitrogen and oxygen atoms in total. The Morgan fingerprint density at radius 1 is 1.23 bits per heavy atom. The standard InChI is InChI=1S/C12H9F3N4O2S/c13-12(14,15)8-3-4-10(18-16)11(6-8)19-22(20,21)9-2-1-5-17-7-9/h1-7,16,19H. The van der Waals surface area contributed by atoms with Crippen LogP contribution in [0.5, 0.6) is 0 Å². The summed E-state index contributed by atoms with van der Waals surface area (Å²) in [5.74, 6) is 0. The number of benzene rings is 1. The molecule has 0 aliphatic carbocycles. The molecule has 0 fully saturated rings. The number of alkyl halides is 3. The van der Waals surface area contributed by atoms with E-state index in [-0.39, 0.29) is 10.6 Å². The van der Waals surface area contributed by atoms with Gasteiger partial charge in [-0.25, -0.2) is 13.9 Å². The van der Waals surface area contributed by atoms with Crippen molar-refractivity contribution in [3.63, 3.8) is 0 Å². The van der Waals surface area contributed by atoms with Gasteiger partial charge >= 0.3 is 6.18 Å². The van der Waals surface area contributed by atoms with Gasteiger partial charge in [0.1, 0.15) is 10.6 Å². The van der Waals surface area contributed by atoms with Gasteiger partial charge in [-0.3, -0.25) is 9.71 Å². The van der Waals surface area contributed by atoms with Gasteiger partial charge in [0.25, 0.3) is 10.0 Å². The maximum atomic E-state index is 12.7. The largest absolute Gasteiger partial charge is 0.416 e. The molecule has 0 bridgehead atoms. The summed E-state index contributed by atoms with van der Waals surface area (Å²) in [4.78, 5) is 3.41. The zero-order valence-corrected chi connectivity index (χ0v) is 11.6. The minimum absolute atomic E-state index is 0.219. The Morgan fingerprint density at radius 2 is 1.95 bits per heavy atom. The first-order chi connectivity index (χ1) is 10.2. The van der Waals surface area contributed by atoms with Crippen LogP contribution < -0.4 is 4.72 Å². The molecule has 1 aromatic heterocycles. The first-order valence-corrected chi connectivity index (χ1v) is 7.24. The molecule has 2 N–H and O–H groups in total. The lowest BCUT2D eigenvalue weighted by molar-refractivity contribution is -0.137. The molecular weight excluding hydrogens is 321 g/mol. The molecule has 0 aliphatic rings. The maximum Gasteiger partial charge on any atom is 0.416 e. The molecule has 0 spiro atoms. The number of anilines is 1. The summed E-state index contributed by atoms with van der Waals surface area (Å²) < 4.78 is 64.3. The fourth-order valence-electron chi connectivity index (χ4n) is 1.60. The molecule has 10 heteroatoms. The van der Waals surface area contributed by atoms with Crippen molar-refractivity contribution in [1.29, 1.82) is 5.53 Å². The summed E-state index contributed by atoms with van der Waals surface area (Å²) in [6.07, 6.45) is -2.24. The van der Waals surface area contributed by atoms with Crippen molar-refractivity contribution < 1.29 is 21.6 Å². The molecule has 2 rings (SSSR count). The molecule has 116 valence electrons. The Morgan fingerprint density at radius 3 is 2.50 bits per heavy atom. The molecule has 22 heavy (non-hydrogen) atoms. The van der Waals surface area contributed by atoms with Crippen molar-refractivity contribution in [3.05, 3.63) is 48.3 Å². The number of nitrogens with one attached hydrogen (secondary N) is 2. The molecule has 0 amide bonds. The number of nitrogens with zero attached hydrogens (tertiary/aromatic N) is 2. The molecular formula is C12H9F3N4O2S. The second-order valence-electron chi connectivity index (χ2n) is 4.14. The Hall–Kier alpha value is -2.49. The van der Waals surface area contributed by atoms with Crippen LogP contribution in [0.1, 0.15) is 5.56 Å². The second-order valence-corrected chi connectivity index (χ2v) is 5.82. The van der Waals surface area contributed by atoms with E-state index in [4.69, 9.17) is 5.53 Å². The average molecular weight is 330 g/mol. The molecule has 0 saturated carbocycles. The van der Waals surface area contributed by atoms with Crippen LogP contribution in [0.3, 0.4) is 0 Å². The number of aromatic nitrogens is 1. The molecule has 1 aromatic carbocycles. The van der Waals surface area contributed by atoms with E-state index in [1.165, 1.54) is 18.3 Å². The van der Waals surface area contributed by atoms with Crippen molar-refractivity contribution in [2.24, 2.45) is 5.11 Å². The van der Waals surface area contributed by atoms with E-state index in [1.54, 1.807) is 0 Å². The van der Waals surface area contributed by atoms with Crippen LogP contribution in [-0.2, 0) is 16.2 Å². The van der Waals surface area contributed by atoms with Crippen molar-refractivity contribution in [2.75, 3.05) is 4.72 Å². The van der Waals surface area contributed by atoms with Gasteiger partial charge in [-0.15, -0.1) is 0 Å². The summed E-state index contributed by atoms with van der Waals surface area (Å²) in [6, 6.07) is 4.82. The van der Waals surface area contributed by atoms with Gasteiger partial charge in [0, 0.05) is 12.4 Å². The number of hydrogen-bond donors (Lipinski definition) is 2. The Kier molecular flexibility index (Phi) is 4.13. The quantitative estimate of drug-likeness (QED) is 0.839. The van der Waals surface area contributed by atoms with Gasteiger partial charge < -0.3 is 0 Å². The van der Waals surface area contributed by atoms with Crippen molar-refractivity contribution >= 4 is 21.4 Å². The third kappa shape index (κ3) is 3.39. The van der Waals surface area contributed by atoms with E-state index < -0.39 is 27.5 Å². The van der Waals surface area contributed by atoms with Gasteiger partial charge in [0.15, 0.2) is 0 Å². The van der Waals surface area contributed by atoms with E-state index in [1.807, 2.05) is 4.72 Å². The van der Waals surface area contributed by atoms with E-state index in [0.717, 1.165) is 18.3 Å². The van der Waals surface area contributed by atoms with Gasteiger partial charge in [0.05, 0.1) is 11.3 Å². The lowest BCUT2D eigenvalue weighted by Crippen LogP contribution is -2.14. The van der Waals surface area contributed by atoms with E-state index in [2.05, 4.69) is 10.1 Å². The monoisotopic (exact) mass is 330 g/mol. The predicted octanol–water partition coefficient (Wildman–Crippen LogP) is 3.56. The molecule has 0 atom stereocenters. The third-order valence-electron chi connectivity index (χ3n) is 2.63. The normalized spacial score (nSPS) is 12.0. The van der Waals surface area contributed by atoms with Crippen molar-refractivity contribution in [2.45, 2.75) is 11.1 Å². The number of pyridine rings is 1. The highest BCUT2D eigenvalue weighted by molar-refractivity contribution is 7.92. The van der Waals surface area contributed by atoms with Crippen LogP contribution in [0.15, 0.2) is 52.7 Å². The molecule has 0 saturated heterocycles. The first-order valence-electron chi connectivity index (χ1n) is 5.75. The number of sulfonamides is 1. The Bertz CT molecular complexity index is 792. The van der Waals surface area contributed by atoms with E-state index in [0.29, 0.717) is 6.07 Å². The second kappa shape index (κ2) is 5.72. The van der Waals surface area contributed by atoms with E-state index >= 15 is 0 Å². The SMILES string of the molecule is N=Nc1ccc(C(F)(F)F)cc1NS(=O)(=O)c1cccnc1. The number of rotatable bonds is 4. The zero-order chi connectivity index (χ0) is 16.4. The van der Waals surface area contributed by atoms with Crippen LogP contribution in [0.2, 0.25) is 0 Å². The van der Waals surface area contributed by atoms with Crippen molar-refractivity contribution in [3.8, 4) is 0 Å². The number of hydrogen-bond acceptors (Lipinski definition) is 5. The fraction of sp³-hybridized carbons (Fsp3) is 0.0833. The van der Waals surface area contributed by atoms with Crippen LogP contribution in [-0.4, -0.2) is 13.4 Å². The summed E-state index contributed by atoms with van der Waals surface area (Å²) in [5, 5.41) is 3.01. The highest BCUT2D eigenvalue weighted by Crippen LogP contribution is 2.35. The Labute approximate surface area is 123 Å². The first kappa shape index (κ1) is 15.9. The fourth-order valence-corrected chi connectivity index (χ4v) is 2.63. The molecule has 2 aromatic rings. The van der Waals surface area contributed by atoms with Crippen LogP contribution >= 0.6 is 0 Å². The van der Waals surface area contributed by atoms with Crippen LogP contribution in [0.4, 0.5) is 24.5 Å². The van der Waals surface area contributed by atoms with Crippen molar-refractivity contribution in [1.82, 2.24) is 4.98 Å². The van der Waals surface area contributed by atoms with Gasteiger partial charge in [-0.05, 0) is 30.3 Å². The highest BCUT2D eigenvalue weighted by Gasteiger charge is 2.31. The summed E-state index contributed by atoms with van der Waals surface area (Å²) in [5.41, 5.74) is 5.20. The minimum atomic E-state index is -4.64. The summed E-state index contributed by atoms with van der Waals surface area (Å²) >= 11 is 0. The van der Waals surface area contributed by atoms with Crippen LogP contribution in [0, 0.1) is 5.53 Å². The minimum Gasteiger partial charge on any atom is -0.277 e. The summed E-state index contributed by atoms with van der Waals surface area (Å²) in [7, 11) is -4.13. The predicted molar refractivity (Wildman–Crippen MR) is 71.3 cm³/mol. The van der Waals surface area contributed by atoms with Gasteiger partial charge in [-0.2, -0.15) is 18.3 Å². The lowest BCUT2D eigenvalue weighted by Gasteiger charge is -2.12. The van der Waals surface area contributed by atoms with Gasteiger partial charge in [0.2, 0.25) is 0 Å². The number of halogens is 3. The highest BCUT2D eigenvalue weighted by atomic mass is 32.2. The molecule has 0 unspecified atom stereocenters. The van der Waals surface area contributed by atoms with Crippen LogP contribution in [0.25, 0.3) is 0 Å². The maximum absolute atomic E-state index is 12.7.